The predicted molar refractivity (Wildman–Crippen MR) is 93.1 cm³/mol. The summed E-state index contributed by atoms with van der Waals surface area (Å²) in [5.74, 6) is 0.216. The summed E-state index contributed by atoms with van der Waals surface area (Å²) in [6.45, 7) is 5.85. The highest BCUT2D eigenvalue weighted by Gasteiger charge is 2.38. The van der Waals surface area contributed by atoms with Gasteiger partial charge in [0.25, 0.3) is 5.91 Å². The summed E-state index contributed by atoms with van der Waals surface area (Å²) in [4.78, 5) is 30.8. The molecule has 2 aliphatic rings. The van der Waals surface area contributed by atoms with Crippen LogP contribution in [-0.2, 0) is 11.8 Å². The molecule has 1 aromatic heterocycles. The summed E-state index contributed by atoms with van der Waals surface area (Å²) in [5, 5.41) is 5.70. The van der Waals surface area contributed by atoms with Crippen LogP contribution >= 0.6 is 0 Å². The van der Waals surface area contributed by atoms with E-state index in [0.717, 1.165) is 0 Å². The van der Waals surface area contributed by atoms with Gasteiger partial charge in [-0.15, -0.1) is 0 Å². The maximum Gasteiger partial charge on any atom is 0.414 e. The van der Waals surface area contributed by atoms with E-state index in [-0.39, 0.29) is 18.1 Å². The van der Waals surface area contributed by atoms with Crippen LogP contribution in [0.3, 0.4) is 0 Å². The first kappa shape index (κ1) is 17.1. The summed E-state index contributed by atoms with van der Waals surface area (Å²) in [7, 11) is 1.83. The van der Waals surface area contributed by atoms with Crippen LogP contribution in [0, 0.1) is 0 Å². The molecule has 3 rings (SSSR count). The van der Waals surface area contributed by atoms with Gasteiger partial charge in [0.2, 0.25) is 5.96 Å². The number of carbonyl (C=O) groups excluding carboxylic acids is 2. The summed E-state index contributed by atoms with van der Waals surface area (Å²) in [6.07, 6.45) is 4.75. The lowest BCUT2D eigenvalue weighted by Gasteiger charge is -2.33. The van der Waals surface area contributed by atoms with Gasteiger partial charge in [-0.05, 0) is 32.9 Å². The number of guanidine groups is 1. The highest BCUT2D eigenvalue weighted by atomic mass is 16.6. The number of hydrogen-bond donors (Lipinski definition) is 2. The molecule has 0 aliphatic carbocycles. The lowest BCUT2D eigenvalue weighted by molar-refractivity contribution is 0.0561. The van der Waals surface area contributed by atoms with Gasteiger partial charge in [0.05, 0.1) is 0 Å². The van der Waals surface area contributed by atoms with E-state index in [4.69, 9.17) is 4.74 Å². The first-order chi connectivity index (χ1) is 11.7. The van der Waals surface area contributed by atoms with Crippen molar-refractivity contribution in [2.24, 2.45) is 12.0 Å². The molecule has 0 fully saturated rings. The fraction of sp³-hybridized carbons (Fsp3) is 0.471. The summed E-state index contributed by atoms with van der Waals surface area (Å²) < 4.78 is 7.01. The van der Waals surface area contributed by atoms with Gasteiger partial charge < -0.3 is 19.5 Å². The molecular weight excluding hydrogens is 322 g/mol. The lowest BCUT2D eigenvalue weighted by atomic mass is 10.1. The number of ether oxygens (including phenoxy) is 1. The molecule has 0 saturated heterocycles. The Kier molecular flexibility index (Phi) is 4.28. The molecule has 2 atom stereocenters. The van der Waals surface area contributed by atoms with Crippen LogP contribution in [0.25, 0.3) is 0 Å². The monoisotopic (exact) mass is 345 g/mol. The van der Waals surface area contributed by atoms with Gasteiger partial charge in [-0.1, -0.05) is 12.2 Å². The largest absolute Gasteiger partial charge is 0.444 e. The average Bonchev–Trinajstić information content (AvgIpc) is 3.09. The number of alkyl carbamates (subject to hydrolysis) is 1. The maximum absolute atomic E-state index is 12.8. The molecule has 0 aromatic carbocycles. The molecule has 134 valence electrons. The molecule has 2 unspecified atom stereocenters. The molecule has 8 nitrogen and oxygen atoms in total. The minimum atomic E-state index is -0.593. The number of amides is 2. The van der Waals surface area contributed by atoms with E-state index in [1.807, 2.05) is 31.5 Å². The number of fused-ring (bicyclic) bond motifs is 1. The molecule has 25 heavy (non-hydrogen) atoms. The predicted octanol–water partition coefficient (Wildman–Crippen LogP) is 1.22. The normalized spacial score (nSPS) is 22.1. The fourth-order valence-electron chi connectivity index (χ4n) is 2.83. The molecule has 2 aliphatic heterocycles. The Morgan fingerprint density at radius 3 is 2.80 bits per heavy atom. The first-order valence-electron chi connectivity index (χ1n) is 8.18. The molecule has 1 aromatic rings. The Labute approximate surface area is 146 Å². The fourth-order valence-corrected chi connectivity index (χ4v) is 2.83. The summed E-state index contributed by atoms with van der Waals surface area (Å²) in [5.41, 5.74) is 0.00848. The summed E-state index contributed by atoms with van der Waals surface area (Å²) in [6, 6.07) is 3.37. The average molecular weight is 345 g/mol. The summed E-state index contributed by atoms with van der Waals surface area (Å²) >= 11 is 0. The third-order valence-corrected chi connectivity index (χ3v) is 3.90. The number of aryl methyl sites for hydroxylation is 1. The highest BCUT2D eigenvalue weighted by Crippen LogP contribution is 2.20. The third-order valence-electron chi connectivity index (χ3n) is 3.90. The van der Waals surface area contributed by atoms with Gasteiger partial charge >= 0.3 is 6.09 Å². The van der Waals surface area contributed by atoms with Crippen LogP contribution in [0.5, 0.6) is 0 Å². The Hall–Kier alpha value is -2.77. The number of aliphatic imine (C=N–C) groups is 1. The van der Waals surface area contributed by atoms with Crippen LogP contribution in [0.4, 0.5) is 4.79 Å². The SMILES string of the molecule is Cn1cccc1C(=O)N1CC=CC2N=C(NC(=O)OC(C)(C)C)NC21. The van der Waals surface area contributed by atoms with E-state index >= 15 is 0 Å². The van der Waals surface area contributed by atoms with Crippen molar-refractivity contribution in [2.75, 3.05) is 6.54 Å². The number of nitrogens with one attached hydrogen (secondary N) is 2. The maximum atomic E-state index is 12.8. The zero-order valence-electron chi connectivity index (χ0n) is 14.8. The van der Waals surface area contributed by atoms with E-state index in [9.17, 15) is 9.59 Å². The Morgan fingerprint density at radius 1 is 1.40 bits per heavy atom. The van der Waals surface area contributed by atoms with Gasteiger partial charge in [0.15, 0.2) is 0 Å². The van der Waals surface area contributed by atoms with Crippen LogP contribution in [0.2, 0.25) is 0 Å². The van der Waals surface area contributed by atoms with Gasteiger partial charge in [-0.3, -0.25) is 10.1 Å². The minimum Gasteiger partial charge on any atom is -0.444 e. The first-order valence-corrected chi connectivity index (χ1v) is 8.18. The second kappa shape index (κ2) is 6.27. The third kappa shape index (κ3) is 3.67. The van der Waals surface area contributed by atoms with E-state index in [1.165, 1.54) is 0 Å². The zero-order valence-corrected chi connectivity index (χ0v) is 14.8. The van der Waals surface area contributed by atoms with Crippen LogP contribution < -0.4 is 10.6 Å². The van der Waals surface area contributed by atoms with Crippen LogP contribution in [0.1, 0.15) is 31.3 Å². The van der Waals surface area contributed by atoms with Crippen molar-refractivity contribution in [2.45, 2.75) is 38.6 Å². The van der Waals surface area contributed by atoms with Crippen molar-refractivity contribution in [3.05, 3.63) is 36.2 Å². The number of rotatable bonds is 1. The second-order valence-electron chi connectivity index (χ2n) is 7.07. The van der Waals surface area contributed by atoms with Gasteiger partial charge in [0, 0.05) is 19.8 Å². The van der Waals surface area contributed by atoms with Crippen molar-refractivity contribution in [3.8, 4) is 0 Å². The number of carbonyl (C=O) groups is 2. The zero-order chi connectivity index (χ0) is 18.2. The molecule has 8 heteroatoms. The molecular formula is C17H23N5O3. The molecule has 2 amide bonds. The van der Waals surface area contributed by atoms with Gasteiger partial charge in [0.1, 0.15) is 23.5 Å². The standard InChI is InChI=1S/C17H23N5O3/c1-17(2,3)25-16(24)20-15-18-11-7-5-10-22(13(11)19-15)14(23)12-8-6-9-21(12)4/h5-9,11,13H,10H2,1-4H3,(H2,18,19,20,24). The number of aromatic nitrogens is 1. The lowest BCUT2D eigenvalue weighted by Crippen LogP contribution is -2.55. The molecule has 0 spiro atoms. The van der Waals surface area contributed by atoms with Gasteiger partial charge in [-0.2, -0.15) is 0 Å². The second-order valence-corrected chi connectivity index (χ2v) is 7.07. The topological polar surface area (TPSA) is 88.0 Å². The minimum absolute atomic E-state index is 0.0898. The number of hydrogen-bond acceptors (Lipinski definition) is 5. The van der Waals surface area contributed by atoms with E-state index in [1.54, 1.807) is 36.3 Å². The van der Waals surface area contributed by atoms with E-state index < -0.39 is 11.7 Å². The Morgan fingerprint density at radius 2 is 2.16 bits per heavy atom. The quantitative estimate of drug-likeness (QED) is 0.749. The van der Waals surface area contributed by atoms with Crippen molar-refractivity contribution in [1.82, 2.24) is 20.1 Å². The molecule has 0 bridgehead atoms. The Balaban J connectivity index is 1.69. The van der Waals surface area contributed by atoms with E-state index in [0.29, 0.717) is 18.2 Å². The van der Waals surface area contributed by atoms with Crippen molar-refractivity contribution >= 4 is 18.0 Å². The van der Waals surface area contributed by atoms with Crippen molar-refractivity contribution in [3.63, 3.8) is 0 Å². The Bertz CT molecular complexity index is 744. The van der Waals surface area contributed by atoms with Crippen LogP contribution in [-0.4, -0.2) is 51.8 Å². The van der Waals surface area contributed by atoms with Crippen molar-refractivity contribution < 1.29 is 14.3 Å². The van der Waals surface area contributed by atoms with Gasteiger partial charge in [-0.25, -0.2) is 9.79 Å². The molecule has 3 heterocycles. The smallest absolute Gasteiger partial charge is 0.414 e. The molecule has 2 N–H and O–H groups in total. The van der Waals surface area contributed by atoms with E-state index in [2.05, 4.69) is 15.6 Å². The highest BCUT2D eigenvalue weighted by molar-refractivity contribution is 5.97. The number of nitrogens with zero attached hydrogens (tertiary/aromatic N) is 3. The van der Waals surface area contributed by atoms with Crippen molar-refractivity contribution in [1.29, 1.82) is 0 Å². The molecule has 0 saturated carbocycles. The molecule has 0 radical (unpaired) electrons. The van der Waals surface area contributed by atoms with Crippen LogP contribution in [0.15, 0.2) is 35.5 Å².